The van der Waals surface area contributed by atoms with Crippen LogP contribution in [0.2, 0.25) is 0 Å². The van der Waals surface area contributed by atoms with Gasteiger partial charge in [-0.25, -0.2) is 24.4 Å². The normalized spacial score (nSPS) is 21.5. The maximum atomic E-state index is 13.8. The van der Waals surface area contributed by atoms with E-state index in [2.05, 4.69) is 45.4 Å². The monoisotopic (exact) mass is 1410 g/mol. The lowest BCUT2D eigenvalue weighted by Crippen LogP contribution is -2.64. The standard InChI is InChI=1S/C70H83N13O15S2/c1-41(2)57(78-61(88)53(100(94,95)96)25-28-82-55(84)22-23-56(82)85)62(89)75-51(14-10-26-72-64(71)92)60(87)74-45-18-16-43(17-19-45)33-97-66(93)80(6)29-30-98-70-37-67(4)34-68(5,38-70)36-69(35-67,39-70)40-83-42(3)48(31-73-83)46-20-21-54(77-58(46)63(90)91)81-27-24-44-11-9-12-47(49(44)32-81)59(86)79-65-76-50-13-7-8-15-52(50)99-65/h7-9,11-13,15-23,31,41,51,53,57H,10,14,24-30,32-40H2,1-6H3,(H,74,87)(H,75,89)(H,78,88)(H,90,91)(H3,71,72,92)(H,76,79,86)(H,94,95,96)/t51-,53-,57?,67?,68?,69?,70?/m0/s1. The molecule has 12 rings (SSSR count). The summed E-state index contributed by atoms with van der Waals surface area (Å²) in [6, 6.07) is 19.9. The number of fused-ring (bicyclic) bond motifs is 2. The number of imide groups is 1. The molecule has 3 unspecified atom stereocenters. The molecule has 4 fully saturated rings. The topological polar surface area (TPSA) is 386 Å². The molecule has 3 aromatic carbocycles. The molecule has 0 saturated heterocycles. The van der Waals surface area contributed by atoms with E-state index in [4.69, 9.17) is 25.3 Å². The number of hydrogen-bond acceptors (Lipinski definition) is 18. The molecule has 9 amide bonds. The minimum absolute atomic E-state index is 0.0190. The Morgan fingerprint density at radius 2 is 1.54 bits per heavy atom. The summed E-state index contributed by atoms with van der Waals surface area (Å²) in [5.41, 5.74) is 10.5. The summed E-state index contributed by atoms with van der Waals surface area (Å²) in [6.07, 6.45) is 8.68. The number of thiazole rings is 1. The van der Waals surface area contributed by atoms with Gasteiger partial charge in [0.15, 0.2) is 16.1 Å². The van der Waals surface area contributed by atoms with E-state index in [1.54, 1.807) is 57.4 Å². The first-order valence-corrected chi connectivity index (χ1v) is 35.6. The van der Waals surface area contributed by atoms with Gasteiger partial charge in [0, 0.05) is 86.5 Å². The Bertz CT molecular complexity index is 4290. The van der Waals surface area contributed by atoms with Crippen LogP contribution in [0.25, 0.3) is 21.3 Å². The largest absolute Gasteiger partial charge is 0.476 e. The second kappa shape index (κ2) is 28.9. The molecule has 30 heteroatoms. The zero-order valence-electron chi connectivity index (χ0n) is 56.5. The number of primary amides is 1. The van der Waals surface area contributed by atoms with Crippen molar-refractivity contribution in [2.45, 2.75) is 141 Å². The van der Waals surface area contributed by atoms with E-state index in [0.717, 1.165) is 77.7 Å². The number of urea groups is 1. The number of para-hydroxylation sites is 1. The fourth-order valence-corrected chi connectivity index (χ4v) is 17.8. The lowest BCUT2D eigenvalue weighted by Gasteiger charge is -2.69. The Morgan fingerprint density at radius 1 is 0.820 bits per heavy atom. The molecule has 3 aromatic heterocycles. The minimum atomic E-state index is -5.11. The van der Waals surface area contributed by atoms with Crippen molar-refractivity contribution < 1.29 is 70.7 Å². The lowest BCUT2D eigenvalue weighted by atomic mass is 9.39. The molecule has 0 spiro atoms. The molecule has 6 aliphatic rings. The number of rotatable bonds is 28. The van der Waals surface area contributed by atoms with Crippen LogP contribution in [0.15, 0.2) is 97.2 Å². The van der Waals surface area contributed by atoms with Gasteiger partial charge in [0.25, 0.3) is 27.8 Å². The number of carbonyl (C=O) groups excluding carboxylic acids is 8. The molecular weight excluding hydrogens is 1330 g/mol. The zero-order chi connectivity index (χ0) is 71.6. The first-order valence-electron chi connectivity index (χ1n) is 33.3. The van der Waals surface area contributed by atoms with Gasteiger partial charge in [0.05, 0.1) is 28.6 Å². The highest BCUT2D eigenvalue weighted by Gasteiger charge is 2.66. The molecule has 9 N–H and O–H groups in total. The van der Waals surface area contributed by atoms with Crippen molar-refractivity contribution in [3.63, 3.8) is 0 Å². The number of hydrogen-bond donors (Lipinski definition) is 8. The lowest BCUT2D eigenvalue weighted by molar-refractivity contribution is -0.248. The summed E-state index contributed by atoms with van der Waals surface area (Å²) in [5, 5.41) is 27.1. The van der Waals surface area contributed by atoms with Gasteiger partial charge in [0.2, 0.25) is 17.7 Å². The van der Waals surface area contributed by atoms with E-state index in [0.29, 0.717) is 69.8 Å². The fourth-order valence-electron chi connectivity index (χ4n) is 16.2. The first kappa shape index (κ1) is 71.6. The van der Waals surface area contributed by atoms with E-state index in [-0.39, 0.29) is 67.0 Å². The molecule has 4 saturated carbocycles. The van der Waals surface area contributed by atoms with Crippen molar-refractivity contribution in [1.29, 1.82) is 0 Å². The number of anilines is 3. The number of likely N-dealkylation sites (N-methyl/N-ethyl adjacent to an activating group) is 1. The highest BCUT2D eigenvalue weighted by Crippen LogP contribution is 2.72. The summed E-state index contributed by atoms with van der Waals surface area (Å²) in [5.74, 6) is -5.97. The molecule has 4 aliphatic carbocycles. The van der Waals surface area contributed by atoms with Crippen molar-refractivity contribution >= 4 is 102 Å². The SMILES string of the molecule is Cc1c(-c2ccc(N3CCc4cccc(C(=O)Nc5nc6ccccc6s5)c4C3)nc2C(=O)O)cnn1CC12CC3(C)CC(C)(C1)CC(OCCN(C)C(=O)OCc1ccc(NC(=O)[C@H](CCCNC(N)=O)NC(=O)C(NC(=O)[C@H](CCN4C(=O)C=CC4=O)S(=O)(=O)O)C(C)C)cc1)(C3)C2. The number of nitrogens with one attached hydrogen (secondary N) is 5. The van der Waals surface area contributed by atoms with Gasteiger partial charge in [-0.2, -0.15) is 13.5 Å². The Morgan fingerprint density at radius 3 is 2.22 bits per heavy atom. The van der Waals surface area contributed by atoms with Gasteiger partial charge in [-0.15, -0.1) is 0 Å². The third-order valence-electron chi connectivity index (χ3n) is 19.7. The molecule has 5 heterocycles. The first-order chi connectivity index (χ1) is 47.4. The summed E-state index contributed by atoms with van der Waals surface area (Å²) in [4.78, 5) is 131. The molecule has 530 valence electrons. The van der Waals surface area contributed by atoms with E-state index in [1.807, 2.05) is 65.0 Å². The molecule has 0 radical (unpaired) electrons. The van der Waals surface area contributed by atoms with Gasteiger partial charge in [0.1, 0.15) is 24.5 Å². The average Bonchev–Trinajstić information content (AvgIpc) is 0.753. The number of carboxylic acid groups (broad SMARTS) is 1. The van der Waals surface area contributed by atoms with E-state index >= 15 is 0 Å². The fraction of sp³-hybridized carbons (Fsp3) is 0.457. The van der Waals surface area contributed by atoms with Crippen LogP contribution in [0.4, 0.5) is 26.2 Å². The quantitative estimate of drug-likeness (QED) is 0.0135. The predicted molar refractivity (Wildman–Crippen MR) is 370 cm³/mol. The van der Waals surface area contributed by atoms with Crippen LogP contribution in [0, 0.1) is 29.1 Å². The maximum Gasteiger partial charge on any atom is 0.409 e. The maximum absolute atomic E-state index is 13.8. The highest BCUT2D eigenvalue weighted by atomic mass is 32.2. The number of benzene rings is 3. The number of carbonyl (C=O) groups is 9. The Kier molecular flexibility index (Phi) is 20.7. The molecule has 28 nitrogen and oxygen atoms in total. The number of nitrogens with two attached hydrogens (primary N) is 1. The summed E-state index contributed by atoms with van der Waals surface area (Å²) < 4.78 is 50.4. The van der Waals surface area contributed by atoms with Crippen LogP contribution in [0.1, 0.15) is 129 Å². The highest BCUT2D eigenvalue weighted by molar-refractivity contribution is 7.87. The molecule has 5 atom stereocenters. The second-order valence-electron chi connectivity index (χ2n) is 28.3. The Labute approximate surface area is 581 Å². The predicted octanol–water partition coefficient (Wildman–Crippen LogP) is 7.36. The molecule has 4 bridgehead atoms. The van der Waals surface area contributed by atoms with Crippen LogP contribution >= 0.6 is 11.3 Å². The second-order valence-corrected chi connectivity index (χ2v) is 30.9. The van der Waals surface area contributed by atoms with Crippen molar-refractivity contribution in [2.24, 2.45) is 27.9 Å². The number of aromatic carboxylic acids is 1. The smallest absolute Gasteiger partial charge is 0.409 e. The number of pyridine rings is 1. The third kappa shape index (κ3) is 16.1. The van der Waals surface area contributed by atoms with E-state index < -0.39 is 99.6 Å². The van der Waals surface area contributed by atoms with Gasteiger partial charge < -0.3 is 51.4 Å². The Hall–Kier alpha value is -9.65. The van der Waals surface area contributed by atoms with Crippen molar-refractivity contribution in [3.8, 4) is 11.1 Å². The number of nitrogens with zero attached hydrogens (tertiary/aromatic N) is 7. The van der Waals surface area contributed by atoms with Gasteiger partial charge in [-0.05, 0) is 152 Å². The van der Waals surface area contributed by atoms with Gasteiger partial charge >= 0.3 is 18.1 Å². The van der Waals surface area contributed by atoms with Crippen LogP contribution < -0.4 is 37.2 Å². The van der Waals surface area contributed by atoms with Gasteiger partial charge in [-0.3, -0.25) is 48.2 Å². The minimum Gasteiger partial charge on any atom is -0.476 e. The van der Waals surface area contributed by atoms with Crippen molar-refractivity contribution in [2.75, 3.05) is 55.4 Å². The molecule has 2 aliphatic heterocycles. The summed E-state index contributed by atoms with van der Waals surface area (Å²) in [7, 11) is -3.47. The number of aromatic nitrogens is 4. The van der Waals surface area contributed by atoms with Crippen LogP contribution in [-0.2, 0) is 69.7 Å². The number of amides is 9. The zero-order valence-corrected chi connectivity index (χ0v) is 58.1. The van der Waals surface area contributed by atoms with E-state index in [1.165, 1.54) is 16.2 Å². The number of carboxylic acids is 1. The van der Waals surface area contributed by atoms with Gasteiger partial charge in [-0.1, -0.05) is 75.4 Å². The summed E-state index contributed by atoms with van der Waals surface area (Å²) in [6.45, 7) is 11.2. The Balaban J connectivity index is 0.679. The van der Waals surface area contributed by atoms with Crippen LogP contribution in [0.3, 0.4) is 0 Å². The molecular formula is C70H83N13O15S2. The molecule has 6 aromatic rings. The van der Waals surface area contributed by atoms with Crippen molar-refractivity contribution in [3.05, 3.63) is 131 Å². The number of ether oxygens (including phenoxy) is 2. The van der Waals surface area contributed by atoms with E-state index in [9.17, 15) is 61.2 Å². The average molecular weight is 1410 g/mol. The van der Waals surface area contributed by atoms with Crippen molar-refractivity contribution in [1.82, 2.24) is 45.5 Å². The van der Waals surface area contributed by atoms with Crippen LogP contribution in [-0.4, -0.2) is 164 Å². The molecule has 100 heavy (non-hydrogen) atoms. The summed E-state index contributed by atoms with van der Waals surface area (Å²) >= 11 is 1.41. The van der Waals surface area contributed by atoms with Crippen LogP contribution in [0.5, 0.6) is 0 Å². The third-order valence-corrected chi connectivity index (χ3v) is 21.8.